The highest BCUT2D eigenvalue weighted by Gasteiger charge is 2.23. The van der Waals surface area contributed by atoms with Crippen LogP contribution in [0.25, 0.3) is 0 Å². The van der Waals surface area contributed by atoms with Gasteiger partial charge in [-0.15, -0.1) is 0 Å². The summed E-state index contributed by atoms with van der Waals surface area (Å²) in [6, 6.07) is 0. The predicted molar refractivity (Wildman–Crippen MR) is 46.3 cm³/mol. The van der Waals surface area contributed by atoms with Crippen LogP contribution in [0.1, 0.15) is 33.6 Å². The maximum absolute atomic E-state index is 11.4. The van der Waals surface area contributed by atoms with E-state index in [2.05, 4.69) is 13.8 Å². The Hall–Kier alpha value is -0.590. The molecule has 1 atom stereocenters. The summed E-state index contributed by atoms with van der Waals surface area (Å²) in [5.74, 6) is 1.13. The normalized spacial score (nSPS) is 25.6. The quantitative estimate of drug-likeness (QED) is 0.564. The first-order valence-corrected chi connectivity index (χ1v) is 4.32. The summed E-state index contributed by atoms with van der Waals surface area (Å²) in [5, 5.41) is 0. The highest BCUT2D eigenvalue weighted by Crippen LogP contribution is 2.25. The maximum Gasteiger partial charge on any atom is 0.158 e. The Morgan fingerprint density at radius 3 is 2.64 bits per heavy atom. The first kappa shape index (κ1) is 8.51. The van der Waals surface area contributed by atoms with Crippen molar-refractivity contribution in [3.8, 4) is 0 Å². The fourth-order valence-electron chi connectivity index (χ4n) is 1.61. The minimum atomic E-state index is 0.290. The minimum Gasteiger partial charge on any atom is -0.295 e. The van der Waals surface area contributed by atoms with E-state index in [0.717, 1.165) is 12.8 Å². The lowest BCUT2D eigenvalue weighted by molar-refractivity contribution is -0.120. The SMILES string of the molecule is CC1=CC(=O)[C@H](C(C)C)CC1. The van der Waals surface area contributed by atoms with Crippen LogP contribution in [0.3, 0.4) is 0 Å². The molecule has 0 aliphatic heterocycles. The van der Waals surface area contributed by atoms with Crippen molar-refractivity contribution in [1.29, 1.82) is 0 Å². The van der Waals surface area contributed by atoms with Gasteiger partial charge in [0.2, 0.25) is 0 Å². The van der Waals surface area contributed by atoms with Gasteiger partial charge in [-0.05, 0) is 31.8 Å². The van der Waals surface area contributed by atoms with Crippen LogP contribution < -0.4 is 0 Å². The average Bonchev–Trinajstić information content (AvgIpc) is 1.85. The molecule has 0 radical (unpaired) electrons. The lowest BCUT2D eigenvalue weighted by Gasteiger charge is -2.22. The van der Waals surface area contributed by atoms with Crippen molar-refractivity contribution in [1.82, 2.24) is 0 Å². The van der Waals surface area contributed by atoms with Crippen molar-refractivity contribution in [3.05, 3.63) is 11.6 Å². The minimum absolute atomic E-state index is 0.290. The summed E-state index contributed by atoms with van der Waals surface area (Å²) < 4.78 is 0. The number of hydrogen-bond donors (Lipinski definition) is 0. The number of hydrogen-bond acceptors (Lipinski definition) is 1. The molecule has 0 aromatic carbocycles. The monoisotopic (exact) mass is 152 g/mol. The van der Waals surface area contributed by atoms with Gasteiger partial charge in [-0.1, -0.05) is 19.4 Å². The third kappa shape index (κ3) is 1.92. The van der Waals surface area contributed by atoms with Gasteiger partial charge in [-0.2, -0.15) is 0 Å². The van der Waals surface area contributed by atoms with Gasteiger partial charge >= 0.3 is 0 Å². The number of carbonyl (C=O) groups is 1. The molecule has 0 fully saturated rings. The fourth-order valence-corrected chi connectivity index (χ4v) is 1.61. The molecule has 11 heavy (non-hydrogen) atoms. The number of carbonyl (C=O) groups excluding carboxylic acids is 1. The molecule has 0 spiro atoms. The number of rotatable bonds is 1. The molecule has 1 aliphatic carbocycles. The third-order valence-corrected chi connectivity index (χ3v) is 2.41. The summed E-state index contributed by atoms with van der Waals surface area (Å²) in [4.78, 5) is 11.4. The first-order chi connectivity index (χ1) is 5.11. The van der Waals surface area contributed by atoms with Crippen LogP contribution >= 0.6 is 0 Å². The summed E-state index contributed by atoms with van der Waals surface area (Å²) in [6.07, 6.45) is 3.97. The van der Waals surface area contributed by atoms with Crippen molar-refractivity contribution in [3.63, 3.8) is 0 Å². The van der Waals surface area contributed by atoms with E-state index in [1.807, 2.05) is 13.0 Å². The van der Waals surface area contributed by atoms with Gasteiger partial charge in [0.15, 0.2) is 5.78 Å². The molecule has 0 aromatic heterocycles. The van der Waals surface area contributed by atoms with Crippen LogP contribution in [0, 0.1) is 11.8 Å². The molecule has 1 nitrogen and oxygen atoms in total. The second kappa shape index (κ2) is 3.21. The number of allylic oxidation sites excluding steroid dienone is 2. The van der Waals surface area contributed by atoms with Crippen LogP contribution in [0.4, 0.5) is 0 Å². The van der Waals surface area contributed by atoms with Crippen LogP contribution in [0.5, 0.6) is 0 Å². The third-order valence-electron chi connectivity index (χ3n) is 2.41. The molecule has 0 saturated carbocycles. The number of ketones is 1. The van der Waals surface area contributed by atoms with Crippen molar-refractivity contribution < 1.29 is 4.79 Å². The van der Waals surface area contributed by atoms with Crippen LogP contribution in [0.2, 0.25) is 0 Å². The van der Waals surface area contributed by atoms with E-state index in [1.54, 1.807) is 0 Å². The van der Waals surface area contributed by atoms with Crippen LogP contribution in [0.15, 0.2) is 11.6 Å². The molecule has 0 heterocycles. The standard InChI is InChI=1S/C10H16O/c1-7(2)9-5-4-8(3)6-10(9)11/h6-7,9H,4-5H2,1-3H3/t9-/m0/s1. The van der Waals surface area contributed by atoms with Gasteiger partial charge in [-0.3, -0.25) is 4.79 Å². The maximum atomic E-state index is 11.4. The lowest BCUT2D eigenvalue weighted by atomic mass is 9.82. The van der Waals surface area contributed by atoms with Crippen LogP contribution in [-0.2, 0) is 4.79 Å². The van der Waals surface area contributed by atoms with Crippen molar-refractivity contribution in [2.45, 2.75) is 33.6 Å². The predicted octanol–water partition coefficient (Wildman–Crippen LogP) is 2.57. The van der Waals surface area contributed by atoms with Gasteiger partial charge in [0.05, 0.1) is 0 Å². The lowest BCUT2D eigenvalue weighted by Crippen LogP contribution is -2.21. The summed E-state index contributed by atoms with van der Waals surface area (Å²) in [5.41, 5.74) is 1.24. The van der Waals surface area contributed by atoms with Gasteiger partial charge in [0, 0.05) is 5.92 Å². The molecule has 62 valence electrons. The summed E-state index contributed by atoms with van der Waals surface area (Å²) >= 11 is 0. The zero-order valence-corrected chi connectivity index (χ0v) is 7.55. The van der Waals surface area contributed by atoms with E-state index < -0.39 is 0 Å². The second-order valence-electron chi connectivity index (χ2n) is 3.78. The largest absolute Gasteiger partial charge is 0.295 e. The van der Waals surface area contributed by atoms with E-state index in [9.17, 15) is 4.79 Å². The van der Waals surface area contributed by atoms with Crippen molar-refractivity contribution >= 4 is 5.78 Å². The van der Waals surface area contributed by atoms with Crippen LogP contribution in [-0.4, -0.2) is 5.78 Å². The van der Waals surface area contributed by atoms with E-state index >= 15 is 0 Å². The van der Waals surface area contributed by atoms with E-state index in [0.29, 0.717) is 17.6 Å². The summed E-state index contributed by atoms with van der Waals surface area (Å²) in [7, 11) is 0. The molecule has 0 amide bonds. The highest BCUT2D eigenvalue weighted by molar-refractivity contribution is 5.93. The Balaban J connectivity index is 2.68. The molecular weight excluding hydrogens is 136 g/mol. The molecule has 1 rings (SSSR count). The van der Waals surface area contributed by atoms with Gasteiger partial charge in [0.25, 0.3) is 0 Å². The van der Waals surface area contributed by atoms with E-state index in [4.69, 9.17) is 0 Å². The Bertz CT molecular complexity index is 189. The Morgan fingerprint density at radius 1 is 1.55 bits per heavy atom. The van der Waals surface area contributed by atoms with E-state index in [-0.39, 0.29) is 0 Å². The molecule has 0 N–H and O–H groups in total. The van der Waals surface area contributed by atoms with Crippen molar-refractivity contribution in [2.75, 3.05) is 0 Å². The summed E-state index contributed by atoms with van der Waals surface area (Å²) in [6.45, 7) is 6.28. The molecule has 0 saturated heterocycles. The topological polar surface area (TPSA) is 17.1 Å². The van der Waals surface area contributed by atoms with Gasteiger partial charge in [-0.25, -0.2) is 0 Å². The smallest absolute Gasteiger partial charge is 0.158 e. The molecule has 0 aromatic rings. The molecular formula is C10H16O. The molecule has 0 bridgehead atoms. The van der Waals surface area contributed by atoms with Crippen molar-refractivity contribution in [2.24, 2.45) is 11.8 Å². The van der Waals surface area contributed by atoms with Gasteiger partial charge < -0.3 is 0 Å². The van der Waals surface area contributed by atoms with E-state index in [1.165, 1.54) is 5.57 Å². The first-order valence-electron chi connectivity index (χ1n) is 4.32. The zero-order valence-electron chi connectivity index (χ0n) is 7.55. The molecule has 1 aliphatic rings. The zero-order chi connectivity index (χ0) is 8.43. The Labute approximate surface area is 68.5 Å². The van der Waals surface area contributed by atoms with Gasteiger partial charge in [0.1, 0.15) is 0 Å². The average molecular weight is 152 g/mol. The highest BCUT2D eigenvalue weighted by atomic mass is 16.1. The fraction of sp³-hybridized carbons (Fsp3) is 0.700. The molecule has 0 unspecified atom stereocenters. The Kier molecular flexibility index (Phi) is 2.48. The molecule has 1 heteroatoms. The Morgan fingerprint density at radius 2 is 2.18 bits per heavy atom. The second-order valence-corrected chi connectivity index (χ2v) is 3.78.